The third kappa shape index (κ3) is 5.74. The molecule has 0 aliphatic heterocycles. The molecule has 3 aromatic rings. The first-order valence-corrected chi connectivity index (χ1v) is 8.98. The quantitative estimate of drug-likeness (QED) is 0.471. The molecule has 0 unspecified atom stereocenters. The highest BCUT2D eigenvalue weighted by molar-refractivity contribution is 5.79. The fourth-order valence-corrected chi connectivity index (χ4v) is 2.75. The molecule has 0 atom stereocenters. The fraction of sp³-hybridized carbons (Fsp3) is 0.250. The molecular formula is C20H22F2N6O. The number of halogens is 2. The lowest BCUT2D eigenvalue weighted by Gasteiger charge is -2.15. The van der Waals surface area contributed by atoms with Crippen LogP contribution in [0.1, 0.15) is 16.7 Å². The maximum absolute atomic E-state index is 12.6. The lowest BCUT2D eigenvalue weighted by atomic mass is 10.1. The molecule has 0 aliphatic rings. The zero-order valence-electron chi connectivity index (χ0n) is 16.1. The number of rotatable bonds is 7. The molecule has 1 aromatic heterocycles. The molecule has 0 saturated carbocycles. The first-order chi connectivity index (χ1) is 14.0. The number of ether oxygens (including phenoxy) is 1. The number of hydrogen-bond donors (Lipinski definition) is 2. The van der Waals surface area contributed by atoms with Crippen LogP contribution in [-0.4, -0.2) is 34.4 Å². The topological polar surface area (TPSA) is 76.4 Å². The maximum atomic E-state index is 12.6. The molecule has 0 amide bonds. The molecule has 1 heterocycles. The summed E-state index contributed by atoms with van der Waals surface area (Å²) in [5, 5.41) is 10.4. The molecule has 0 radical (unpaired) electrons. The van der Waals surface area contributed by atoms with Crippen molar-refractivity contribution in [3.05, 3.63) is 71.8 Å². The van der Waals surface area contributed by atoms with E-state index < -0.39 is 6.61 Å². The van der Waals surface area contributed by atoms with Gasteiger partial charge in [-0.05, 0) is 30.7 Å². The minimum absolute atomic E-state index is 0.150. The highest BCUT2D eigenvalue weighted by atomic mass is 19.3. The van der Waals surface area contributed by atoms with E-state index in [-0.39, 0.29) is 5.75 Å². The van der Waals surface area contributed by atoms with E-state index in [1.54, 1.807) is 36.3 Å². The number of guanidine groups is 1. The molecule has 0 spiro atoms. The molecule has 0 saturated heterocycles. The smallest absolute Gasteiger partial charge is 0.387 e. The van der Waals surface area contributed by atoms with Gasteiger partial charge in [-0.2, -0.15) is 13.9 Å². The van der Waals surface area contributed by atoms with Gasteiger partial charge in [-0.15, -0.1) is 0 Å². The summed E-state index contributed by atoms with van der Waals surface area (Å²) < 4.78 is 31.5. The van der Waals surface area contributed by atoms with Gasteiger partial charge in [-0.25, -0.2) is 9.67 Å². The Balaban J connectivity index is 1.57. The summed E-state index contributed by atoms with van der Waals surface area (Å²) in [5.74, 6) is 0.701. The Kier molecular flexibility index (Phi) is 6.72. The maximum Gasteiger partial charge on any atom is 0.387 e. The molecule has 0 bridgehead atoms. The van der Waals surface area contributed by atoms with Crippen LogP contribution in [0.25, 0.3) is 5.69 Å². The minimum Gasteiger partial charge on any atom is -0.434 e. The summed E-state index contributed by atoms with van der Waals surface area (Å²) in [6.07, 6.45) is 3.12. The van der Waals surface area contributed by atoms with Crippen LogP contribution in [0.3, 0.4) is 0 Å². The van der Waals surface area contributed by atoms with Crippen LogP contribution in [0.15, 0.2) is 60.1 Å². The average Bonchev–Trinajstić information content (AvgIpc) is 3.25. The van der Waals surface area contributed by atoms with Crippen LogP contribution in [-0.2, 0) is 13.1 Å². The Morgan fingerprint density at radius 3 is 2.55 bits per heavy atom. The molecule has 152 valence electrons. The van der Waals surface area contributed by atoms with Crippen LogP contribution >= 0.6 is 0 Å². The van der Waals surface area contributed by atoms with Crippen molar-refractivity contribution in [3.8, 4) is 11.4 Å². The third-order valence-corrected chi connectivity index (χ3v) is 4.18. The Hall–Kier alpha value is -3.49. The van der Waals surface area contributed by atoms with Crippen molar-refractivity contribution < 1.29 is 13.5 Å². The number of aromatic nitrogens is 3. The standard InChI is InChI=1S/C20H22F2N6O/c1-14-3-8-18(29-19(21)22)16(9-14)11-26-20(23-2)25-10-15-4-6-17(7-5-15)28-13-24-12-27-28/h3-9,12-13,19H,10-11H2,1-2H3,(H2,23,25,26). The predicted molar refractivity (Wildman–Crippen MR) is 106 cm³/mol. The zero-order valence-corrected chi connectivity index (χ0v) is 16.1. The lowest BCUT2D eigenvalue weighted by Crippen LogP contribution is -2.36. The summed E-state index contributed by atoms with van der Waals surface area (Å²) in [7, 11) is 1.65. The molecule has 0 aliphatic carbocycles. The summed E-state index contributed by atoms with van der Waals surface area (Å²) in [6, 6.07) is 12.9. The summed E-state index contributed by atoms with van der Waals surface area (Å²) in [4.78, 5) is 8.10. The average molecular weight is 400 g/mol. The van der Waals surface area contributed by atoms with Crippen LogP contribution in [0.4, 0.5) is 8.78 Å². The lowest BCUT2D eigenvalue weighted by molar-refractivity contribution is -0.0504. The van der Waals surface area contributed by atoms with Crippen molar-refractivity contribution in [2.45, 2.75) is 26.6 Å². The van der Waals surface area contributed by atoms with Crippen molar-refractivity contribution >= 4 is 5.96 Å². The van der Waals surface area contributed by atoms with Crippen LogP contribution in [0, 0.1) is 6.92 Å². The van der Waals surface area contributed by atoms with E-state index in [2.05, 4.69) is 30.4 Å². The van der Waals surface area contributed by atoms with E-state index in [1.807, 2.05) is 31.2 Å². The molecule has 2 N–H and O–H groups in total. The van der Waals surface area contributed by atoms with Crippen LogP contribution in [0.5, 0.6) is 5.75 Å². The summed E-state index contributed by atoms with van der Waals surface area (Å²) in [5.41, 5.74) is 3.55. The first kappa shape index (κ1) is 20.2. The Morgan fingerprint density at radius 1 is 1.14 bits per heavy atom. The number of nitrogens with one attached hydrogen (secondary N) is 2. The second kappa shape index (κ2) is 9.63. The van der Waals surface area contributed by atoms with Crippen molar-refractivity contribution in [1.82, 2.24) is 25.4 Å². The van der Waals surface area contributed by atoms with Gasteiger partial charge in [-0.3, -0.25) is 4.99 Å². The normalized spacial score (nSPS) is 11.6. The first-order valence-electron chi connectivity index (χ1n) is 8.98. The van der Waals surface area contributed by atoms with Crippen molar-refractivity contribution in [3.63, 3.8) is 0 Å². The van der Waals surface area contributed by atoms with Gasteiger partial charge >= 0.3 is 6.61 Å². The Bertz CT molecular complexity index is 942. The third-order valence-electron chi connectivity index (χ3n) is 4.18. The van der Waals surface area contributed by atoms with Crippen LogP contribution < -0.4 is 15.4 Å². The van der Waals surface area contributed by atoms with E-state index in [4.69, 9.17) is 0 Å². The second-order valence-electron chi connectivity index (χ2n) is 6.28. The molecular weight excluding hydrogens is 378 g/mol. The number of nitrogens with zero attached hydrogens (tertiary/aromatic N) is 4. The Morgan fingerprint density at radius 2 is 1.90 bits per heavy atom. The fourth-order valence-electron chi connectivity index (χ4n) is 2.75. The molecule has 0 fully saturated rings. The predicted octanol–water partition coefficient (Wildman–Crippen LogP) is 3.04. The molecule has 2 aromatic carbocycles. The minimum atomic E-state index is -2.87. The summed E-state index contributed by atoms with van der Waals surface area (Å²) >= 11 is 0. The van der Waals surface area contributed by atoms with Gasteiger partial charge in [0.15, 0.2) is 5.96 Å². The summed E-state index contributed by atoms with van der Waals surface area (Å²) in [6.45, 7) is -0.124. The zero-order chi connectivity index (χ0) is 20.6. The second-order valence-corrected chi connectivity index (χ2v) is 6.28. The van der Waals surface area contributed by atoms with Crippen molar-refractivity contribution in [2.75, 3.05) is 7.05 Å². The van der Waals surface area contributed by atoms with Gasteiger partial charge < -0.3 is 15.4 Å². The van der Waals surface area contributed by atoms with Gasteiger partial charge in [-0.1, -0.05) is 29.8 Å². The van der Waals surface area contributed by atoms with Crippen molar-refractivity contribution in [2.24, 2.45) is 4.99 Å². The van der Waals surface area contributed by atoms with Gasteiger partial charge in [0.1, 0.15) is 18.4 Å². The molecule has 9 heteroatoms. The largest absolute Gasteiger partial charge is 0.434 e. The molecule has 7 nitrogen and oxygen atoms in total. The number of alkyl halides is 2. The molecule has 3 rings (SSSR count). The van der Waals surface area contributed by atoms with E-state index in [0.29, 0.717) is 24.6 Å². The number of hydrogen-bond acceptors (Lipinski definition) is 4. The van der Waals surface area contributed by atoms with Gasteiger partial charge in [0.2, 0.25) is 0 Å². The number of benzene rings is 2. The molecule has 29 heavy (non-hydrogen) atoms. The van der Waals surface area contributed by atoms with Crippen LogP contribution in [0.2, 0.25) is 0 Å². The highest BCUT2D eigenvalue weighted by Crippen LogP contribution is 2.22. The van der Waals surface area contributed by atoms with E-state index in [9.17, 15) is 8.78 Å². The number of aliphatic imine (C=N–C) groups is 1. The SMILES string of the molecule is CN=C(NCc1ccc(-n2cncn2)cc1)NCc1cc(C)ccc1OC(F)F. The number of aryl methyl sites for hydroxylation is 1. The highest BCUT2D eigenvalue weighted by Gasteiger charge is 2.10. The van der Waals surface area contributed by atoms with Crippen molar-refractivity contribution in [1.29, 1.82) is 0 Å². The van der Waals surface area contributed by atoms with Gasteiger partial charge in [0.05, 0.1) is 5.69 Å². The van der Waals surface area contributed by atoms with E-state index in [1.165, 1.54) is 6.33 Å². The van der Waals surface area contributed by atoms with Gasteiger partial charge in [0.25, 0.3) is 0 Å². The van der Waals surface area contributed by atoms with Gasteiger partial charge in [0, 0.05) is 25.7 Å². The van der Waals surface area contributed by atoms with E-state index in [0.717, 1.165) is 16.8 Å². The van der Waals surface area contributed by atoms with E-state index >= 15 is 0 Å². The monoisotopic (exact) mass is 400 g/mol. The Labute approximate surface area is 167 Å².